The minimum atomic E-state index is -4.09. The molecule has 1 heterocycles. The summed E-state index contributed by atoms with van der Waals surface area (Å²) in [4.78, 5) is 9.96. The normalized spacial score (nSPS) is 17.8. The Labute approximate surface area is 126 Å². The van der Waals surface area contributed by atoms with Crippen LogP contribution >= 0.6 is 0 Å². The van der Waals surface area contributed by atoms with Crippen LogP contribution in [0.1, 0.15) is 5.56 Å². The maximum atomic E-state index is 11.4. The first kappa shape index (κ1) is 16.6. The molecule has 0 radical (unpaired) electrons. The first-order valence-corrected chi connectivity index (χ1v) is 9.29. The second-order valence-corrected chi connectivity index (χ2v) is 8.02. The van der Waals surface area contributed by atoms with Crippen molar-refractivity contribution < 1.29 is 25.9 Å². The molecule has 0 saturated carbocycles. The summed E-state index contributed by atoms with van der Waals surface area (Å²) in [6.07, 6.45) is 1.06. The van der Waals surface area contributed by atoms with Crippen LogP contribution in [0.2, 0.25) is 0 Å². The first-order chi connectivity index (χ1) is 9.97. The van der Waals surface area contributed by atoms with E-state index in [-0.39, 0.29) is 23.6 Å². The summed E-state index contributed by atoms with van der Waals surface area (Å²) in [6, 6.07) is 1.56. The van der Waals surface area contributed by atoms with Crippen molar-refractivity contribution >= 4 is 31.5 Å². The quantitative estimate of drug-likeness (QED) is 0.410. The lowest BCUT2D eigenvalue weighted by atomic mass is 10.1. The van der Waals surface area contributed by atoms with Gasteiger partial charge in [0.05, 0.1) is 28.7 Å². The zero-order valence-electron chi connectivity index (χ0n) is 11.3. The third kappa shape index (κ3) is 3.71. The van der Waals surface area contributed by atoms with Gasteiger partial charge in [-0.25, -0.2) is 13.6 Å². The van der Waals surface area contributed by atoms with E-state index >= 15 is 0 Å². The monoisotopic (exact) mass is 351 g/mol. The molecule has 0 aromatic heterocycles. The van der Waals surface area contributed by atoms with Gasteiger partial charge >= 0.3 is 0 Å². The standard InChI is InChI=1S/C10H13N3O7S2/c1-21(16,17)20-5-7-2-6-3-8(22(11,18)19)4-9(13(14)15)10(6)12-7/h3-4,7,12H,2,5H2,1H3,(H2,11,18,19). The average molecular weight is 351 g/mol. The first-order valence-electron chi connectivity index (χ1n) is 5.92. The molecule has 12 heteroatoms. The number of anilines is 1. The van der Waals surface area contributed by atoms with Gasteiger partial charge in [0.15, 0.2) is 0 Å². The summed E-state index contributed by atoms with van der Waals surface area (Å²) in [5.41, 5.74) is 0.0585. The Morgan fingerprint density at radius 1 is 1.41 bits per heavy atom. The van der Waals surface area contributed by atoms with Crippen LogP contribution in [0.3, 0.4) is 0 Å². The lowest BCUT2D eigenvalue weighted by Crippen LogP contribution is -2.24. The molecule has 122 valence electrons. The molecule has 0 fully saturated rings. The van der Waals surface area contributed by atoms with Gasteiger partial charge in [0.25, 0.3) is 15.8 Å². The molecule has 2 rings (SSSR count). The molecule has 0 bridgehead atoms. The fourth-order valence-electron chi connectivity index (χ4n) is 2.12. The van der Waals surface area contributed by atoms with Gasteiger partial charge in [0.2, 0.25) is 10.0 Å². The third-order valence-electron chi connectivity index (χ3n) is 3.00. The van der Waals surface area contributed by atoms with Crippen LogP contribution in [0.15, 0.2) is 17.0 Å². The maximum absolute atomic E-state index is 11.4. The SMILES string of the molecule is CS(=O)(=O)OCC1Cc2cc(S(N)(=O)=O)cc([N+](=O)[O-])c2N1. The number of rotatable bonds is 5. The Morgan fingerprint density at radius 2 is 2.05 bits per heavy atom. The zero-order chi connectivity index (χ0) is 16.7. The Bertz CT molecular complexity index is 832. The highest BCUT2D eigenvalue weighted by Gasteiger charge is 2.31. The predicted octanol–water partition coefficient (Wildman–Crippen LogP) is -0.445. The summed E-state index contributed by atoms with van der Waals surface area (Å²) in [5, 5.41) is 18.8. The number of nitrogens with one attached hydrogen (secondary N) is 1. The molecule has 1 aliphatic heterocycles. The van der Waals surface area contributed by atoms with Crippen LogP contribution < -0.4 is 10.5 Å². The second-order valence-electron chi connectivity index (χ2n) is 4.81. The number of fused-ring (bicyclic) bond motifs is 1. The maximum Gasteiger partial charge on any atom is 0.293 e. The molecule has 0 aliphatic carbocycles. The van der Waals surface area contributed by atoms with Crippen LogP contribution in [0, 0.1) is 10.1 Å². The average Bonchev–Trinajstić information content (AvgIpc) is 2.75. The predicted molar refractivity (Wildman–Crippen MR) is 76.4 cm³/mol. The van der Waals surface area contributed by atoms with Crippen molar-refractivity contribution in [3.63, 3.8) is 0 Å². The van der Waals surface area contributed by atoms with E-state index in [4.69, 9.17) is 5.14 Å². The number of hydrogen-bond acceptors (Lipinski definition) is 8. The van der Waals surface area contributed by atoms with Crippen molar-refractivity contribution in [3.8, 4) is 0 Å². The topological polar surface area (TPSA) is 159 Å². The zero-order valence-corrected chi connectivity index (χ0v) is 13.0. The van der Waals surface area contributed by atoms with Crippen LogP contribution in [-0.2, 0) is 30.7 Å². The van der Waals surface area contributed by atoms with Crippen LogP contribution in [0.4, 0.5) is 11.4 Å². The number of primary sulfonamides is 1. The van der Waals surface area contributed by atoms with Crippen LogP contribution in [0.25, 0.3) is 0 Å². The Balaban J connectivity index is 2.36. The Kier molecular flexibility index (Phi) is 4.12. The third-order valence-corrected chi connectivity index (χ3v) is 4.45. The smallest absolute Gasteiger partial charge is 0.293 e. The molecule has 1 atom stereocenters. The Hall–Kier alpha value is -1.76. The number of benzene rings is 1. The highest BCUT2D eigenvalue weighted by molar-refractivity contribution is 7.89. The molecule has 0 saturated heterocycles. The molecule has 22 heavy (non-hydrogen) atoms. The van der Waals surface area contributed by atoms with E-state index in [2.05, 4.69) is 9.50 Å². The molecule has 1 unspecified atom stereocenters. The summed E-state index contributed by atoms with van der Waals surface area (Å²) in [6.45, 7) is -0.227. The molecule has 0 spiro atoms. The van der Waals surface area contributed by atoms with Crippen molar-refractivity contribution in [2.45, 2.75) is 17.4 Å². The minimum Gasteiger partial charge on any atom is -0.374 e. The molecule has 0 amide bonds. The number of nitro groups is 1. The minimum absolute atomic E-state index is 0.138. The lowest BCUT2D eigenvalue weighted by molar-refractivity contribution is -0.384. The van der Waals surface area contributed by atoms with E-state index in [0.29, 0.717) is 5.56 Å². The largest absolute Gasteiger partial charge is 0.374 e. The number of nitro benzene ring substituents is 1. The summed E-state index contributed by atoms with van der Waals surface area (Å²) in [7, 11) is -7.74. The van der Waals surface area contributed by atoms with Crippen molar-refractivity contribution in [3.05, 3.63) is 27.8 Å². The second kappa shape index (κ2) is 5.46. The summed E-state index contributed by atoms with van der Waals surface area (Å²) < 4.78 is 49.3. The molecular weight excluding hydrogens is 338 g/mol. The van der Waals surface area contributed by atoms with E-state index < -0.39 is 36.8 Å². The van der Waals surface area contributed by atoms with Gasteiger partial charge in [0, 0.05) is 6.07 Å². The van der Waals surface area contributed by atoms with Crippen molar-refractivity contribution in [1.29, 1.82) is 0 Å². The lowest BCUT2D eigenvalue weighted by Gasteiger charge is -2.10. The van der Waals surface area contributed by atoms with Crippen LogP contribution in [0.5, 0.6) is 0 Å². The van der Waals surface area contributed by atoms with Crippen molar-refractivity contribution in [2.24, 2.45) is 5.14 Å². The fourth-order valence-corrected chi connectivity index (χ4v) is 3.11. The fraction of sp³-hybridized carbons (Fsp3) is 0.400. The van der Waals surface area contributed by atoms with Crippen molar-refractivity contribution in [2.75, 3.05) is 18.2 Å². The van der Waals surface area contributed by atoms with Gasteiger partial charge in [-0.05, 0) is 18.1 Å². The van der Waals surface area contributed by atoms with Gasteiger partial charge in [-0.15, -0.1) is 0 Å². The molecule has 10 nitrogen and oxygen atoms in total. The number of sulfonamides is 1. The van der Waals surface area contributed by atoms with Gasteiger partial charge in [0.1, 0.15) is 5.69 Å². The van der Waals surface area contributed by atoms with E-state index in [9.17, 15) is 26.9 Å². The van der Waals surface area contributed by atoms with E-state index in [1.165, 1.54) is 6.07 Å². The number of hydrogen-bond donors (Lipinski definition) is 2. The Morgan fingerprint density at radius 3 is 2.55 bits per heavy atom. The van der Waals surface area contributed by atoms with E-state index in [1.807, 2.05) is 0 Å². The number of nitrogens with two attached hydrogens (primary N) is 1. The molecule has 1 aromatic carbocycles. The highest BCUT2D eigenvalue weighted by Crippen LogP contribution is 2.37. The van der Waals surface area contributed by atoms with E-state index in [1.54, 1.807) is 0 Å². The molecule has 1 aliphatic rings. The van der Waals surface area contributed by atoms with Gasteiger partial charge in [-0.1, -0.05) is 0 Å². The highest BCUT2D eigenvalue weighted by atomic mass is 32.2. The van der Waals surface area contributed by atoms with Crippen LogP contribution in [-0.4, -0.2) is 40.7 Å². The summed E-state index contributed by atoms with van der Waals surface area (Å²) in [5.74, 6) is 0. The van der Waals surface area contributed by atoms with Gasteiger partial charge in [-0.2, -0.15) is 8.42 Å². The van der Waals surface area contributed by atoms with E-state index in [0.717, 1.165) is 12.3 Å². The summed E-state index contributed by atoms with van der Waals surface area (Å²) >= 11 is 0. The van der Waals surface area contributed by atoms with Crippen molar-refractivity contribution in [1.82, 2.24) is 0 Å². The number of nitrogens with zero attached hydrogens (tertiary/aromatic N) is 1. The molecule has 3 N–H and O–H groups in total. The van der Waals surface area contributed by atoms with Gasteiger partial charge < -0.3 is 5.32 Å². The molecule has 1 aromatic rings. The van der Waals surface area contributed by atoms with Gasteiger partial charge in [-0.3, -0.25) is 14.3 Å². The molecular formula is C10H13N3O7S2.